The molecule has 2 rings (SSSR count). The van der Waals surface area contributed by atoms with Gasteiger partial charge in [0.25, 0.3) is 0 Å². The molecule has 0 aromatic carbocycles. The maximum atomic E-state index is 12.1. The Morgan fingerprint density at radius 1 is 1.35 bits per heavy atom. The van der Waals surface area contributed by atoms with Gasteiger partial charge in [-0.15, -0.1) is 0 Å². The lowest BCUT2D eigenvalue weighted by atomic mass is 9.79. The summed E-state index contributed by atoms with van der Waals surface area (Å²) in [7, 11) is 1.93. The molecule has 5 heteroatoms. The van der Waals surface area contributed by atoms with Gasteiger partial charge in [0.1, 0.15) is 0 Å². The fraction of sp³-hybridized carbons (Fsp3) is 0.600. The minimum atomic E-state index is -0.804. The van der Waals surface area contributed by atoms with Gasteiger partial charge in [0.2, 0.25) is 5.91 Å². The molecule has 0 bridgehead atoms. The normalized spacial score (nSPS) is 17.1. The summed E-state index contributed by atoms with van der Waals surface area (Å²) in [5.74, 6) is -0.850. The lowest BCUT2D eigenvalue weighted by Crippen LogP contribution is -2.32. The summed E-state index contributed by atoms with van der Waals surface area (Å²) in [5.41, 5.74) is 0.710. The highest BCUT2D eigenvalue weighted by Gasteiger charge is 2.37. The number of carbonyl (C=O) groups is 2. The smallest absolute Gasteiger partial charge is 0.303 e. The molecule has 2 N–H and O–H groups in total. The van der Waals surface area contributed by atoms with Gasteiger partial charge in [-0.1, -0.05) is 12.8 Å². The van der Waals surface area contributed by atoms with E-state index in [9.17, 15) is 9.59 Å². The van der Waals surface area contributed by atoms with E-state index in [1.54, 1.807) is 0 Å². The molecule has 110 valence electrons. The van der Waals surface area contributed by atoms with Crippen LogP contribution in [0.4, 0.5) is 0 Å². The number of hydrogen-bond donors (Lipinski definition) is 2. The molecule has 20 heavy (non-hydrogen) atoms. The molecule has 0 radical (unpaired) electrons. The number of aliphatic carboxylic acids is 1. The zero-order chi connectivity index (χ0) is 14.6. The monoisotopic (exact) mass is 278 g/mol. The second-order valence-corrected chi connectivity index (χ2v) is 5.84. The Morgan fingerprint density at radius 2 is 2.05 bits per heavy atom. The van der Waals surface area contributed by atoms with Crippen LogP contribution in [-0.2, 0) is 23.2 Å². The SMILES string of the molecule is Cn1cccc1CNC(=O)CC1(CC(=O)O)CCCC1. The van der Waals surface area contributed by atoms with Crippen LogP contribution in [0.1, 0.15) is 44.2 Å². The molecule has 1 aliphatic carbocycles. The molecule has 0 saturated heterocycles. The maximum absolute atomic E-state index is 12.1. The Morgan fingerprint density at radius 3 is 2.60 bits per heavy atom. The molecule has 1 saturated carbocycles. The van der Waals surface area contributed by atoms with Crippen molar-refractivity contribution in [2.75, 3.05) is 0 Å². The molecule has 1 aromatic heterocycles. The van der Waals surface area contributed by atoms with Crippen molar-refractivity contribution in [1.29, 1.82) is 0 Å². The van der Waals surface area contributed by atoms with Crippen molar-refractivity contribution < 1.29 is 14.7 Å². The van der Waals surface area contributed by atoms with Crippen LogP contribution >= 0.6 is 0 Å². The number of amides is 1. The minimum Gasteiger partial charge on any atom is -0.481 e. The van der Waals surface area contributed by atoms with E-state index in [1.165, 1.54) is 0 Å². The van der Waals surface area contributed by atoms with Crippen LogP contribution in [-0.4, -0.2) is 21.6 Å². The zero-order valence-corrected chi connectivity index (χ0v) is 11.9. The quantitative estimate of drug-likeness (QED) is 0.836. The number of carboxylic acids is 1. The number of aromatic nitrogens is 1. The molecule has 1 aromatic rings. The molecular formula is C15H22N2O3. The third-order valence-corrected chi connectivity index (χ3v) is 4.24. The van der Waals surface area contributed by atoms with E-state index in [1.807, 2.05) is 29.9 Å². The average molecular weight is 278 g/mol. The van der Waals surface area contributed by atoms with E-state index >= 15 is 0 Å². The first-order valence-electron chi connectivity index (χ1n) is 7.09. The van der Waals surface area contributed by atoms with Gasteiger partial charge in [-0.05, 0) is 30.4 Å². The number of carboxylic acid groups (broad SMARTS) is 1. The summed E-state index contributed by atoms with van der Waals surface area (Å²) in [6.45, 7) is 0.492. The Labute approximate surface area is 119 Å². The fourth-order valence-corrected chi connectivity index (χ4v) is 3.13. The highest BCUT2D eigenvalue weighted by molar-refractivity contribution is 5.78. The van der Waals surface area contributed by atoms with E-state index in [0.717, 1.165) is 31.4 Å². The number of rotatable bonds is 6. The Kier molecular flexibility index (Phi) is 4.47. The molecule has 0 aliphatic heterocycles. The van der Waals surface area contributed by atoms with Gasteiger partial charge >= 0.3 is 5.97 Å². The highest BCUT2D eigenvalue weighted by atomic mass is 16.4. The van der Waals surface area contributed by atoms with Gasteiger partial charge in [-0.25, -0.2) is 0 Å². The largest absolute Gasteiger partial charge is 0.481 e. The first-order valence-corrected chi connectivity index (χ1v) is 7.09. The van der Waals surface area contributed by atoms with Crippen LogP contribution in [0.15, 0.2) is 18.3 Å². The van der Waals surface area contributed by atoms with Crippen LogP contribution < -0.4 is 5.32 Å². The third-order valence-electron chi connectivity index (χ3n) is 4.24. The van der Waals surface area contributed by atoms with Gasteiger partial charge in [-0.3, -0.25) is 9.59 Å². The van der Waals surface area contributed by atoms with E-state index in [4.69, 9.17) is 5.11 Å². The molecule has 0 unspecified atom stereocenters. The van der Waals surface area contributed by atoms with E-state index in [0.29, 0.717) is 13.0 Å². The molecule has 1 heterocycles. The summed E-state index contributed by atoms with van der Waals surface area (Å²) in [5, 5.41) is 11.9. The van der Waals surface area contributed by atoms with E-state index in [-0.39, 0.29) is 17.7 Å². The zero-order valence-electron chi connectivity index (χ0n) is 11.9. The topological polar surface area (TPSA) is 71.3 Å². The van der Waals surface area contributed by atoms with Crippen molar-refractivity contribution in [3.8, 4) is 0 Å². The minimum absolute atomic E-state index is 0.0469. The number of carbonyl (C=O) groups excluding carboxylic acids is 1. The fourth-order valence-electron chi connectivity index (χ4n) is 3.13. The molecule has 0 spiro atoms. The van der Waals surface area contributed by atoms with Gasteiger partial charge < -0.3 is 15.0 Å². The number of aryl methyl sites for hydroxylation is 1. The van der Waals surface area contributed by atoms with Crippen molar-refractivity contribution in [1.82, 2.24) is 9.88 Å². The highest BCUT2D eigenvalue weighted by Crippen LogP contribution is 2.43. The number of nitrogens with zero attached hydrogens (tertiary/aromatic N) is 1. The van der Waals surface area contributed by atoms with Crippen molar-refractivity contribution in [3.63, 3.8) is 0 Å². The lowest BCUT2D eigenvalue weighted by molar-refractivity contribution is -0.140. The first-order chi connectivity index (χ1) is 9.51. The average Bonchev–Trinajstić information content (AvgIpc) is 2.96. The summed E-state index contributed by atoms with van der Waals surface area (Å²) >= 11 is 0. The number of hydrogen-bond acceptors (Lipinski definition) is 2. The van der Waals surface area contributed by atoms with Crippen molar-refractivity contribution >= 4 is 11.9 Å². The number of nitrogens with one attached hydrogen (secondary N) is 1. The van der Waals surface area contributed by atoms with Gasteiger partial charge in [-0.2, -0.15) is 0 Å². The van der Waals surface area contributed by atoms with E-state index < -0.39 is 5.97 Å². The van der Waals surface area contributed by atoms with Crippen molar-refractivity contribution in [3.05, 3.63) is 24.0 Å². The Hall–Kier alpha value is -1.78. The summed E-state index contributed by atoms with van der Waals surface area (Å²) in [4.78, 5) is 23.1. The summed E-state index contributed by atoms with van der Waals surface area (Å²) < 4.78 is 1.96. The Bertz CT molecular complexity index is 487. The maximum Gasteiger partial charge on any atom is 0.303 e. The summed E-state index contributed by atoms with van der Waals surface area (Å²) in [6, 6.07) is 3.90. The van der Waals surface area contributed by atoms with Crippen molar-refractivity contribution in [2.24, 2.45) is 12.5 Å². The van der Waals surface area contributed by atoms with Crippen LogP contribution in [0, 0.1) is 5.41 Å². The second-order valence-electron chi connectivity index (χ2n) is 5.84. The van der Waals surface area contributed by atoms with Crippen molar-refractivity contribution in [2.45, 2.75) is 45.1 Å². The van der Waals surface area contributed by atoms with Gasteiger partial charge in [0.05, 0.1) is 13.0 Å². The second kappa shape index (κ2) is 6.11. The first kappa shape index (κ1) is 14.6. The molecule has 1 aliphatic rings. The standard InChI is InChI=1S/C15H22N2O3/c1-17-8-4-5-12(17)11-16-13(18)9-15(10-14(19)20)6-2-3-7-15/h4-5,8H,2-3,6-7,9-11H2,1H3,(H,16,18)(H,19,20). The summed E-state index contributed by atoms with van der Waals surface area (Å²) in [6.07, 6.45) is 6.10. The Balaban J connectivity index is 1.89. The molecular weight excluding hydrogens is 256 g/mol. The molecule has 1 fully saturated rings. The van der Waals surface area contributed by atoms with Gasteiger partial charge in [0, 0.05) is 25.4 Å². The third kappa shape index (κ3) is 3.62. The molecule has 1 amide bonds. The predicted molar refractivity (Wildman–Crippen MR) is 75.0 cm³/mol. The van der Waals surface area contributed by atoms with Crippen LogP contribution in [0.5, 0.6) is 0 Å². The van der Waals surface area contributed by atoms with Crippen LogP contribution in [0.3, 0.4) is 0 Å². The van der Waals surface area contributed by atoms with Crippen LogP contribution in [0.2, 0.25) is 0 Å². The predicted octanol–water partition coefficient (Wildman–Crippen LogP) is 2.07. The van der Waals surface area contributed by atoms with E-state index in [2.05, 4.69) is 5.32 Å². The lowest BCUT2D eigenvalue weighted by Gasteiger charge is -2.26. The molecule has 5 nitrogen and oxygen atoms in total. The molecule has 0 atom stereocenters. The van der Waals surface area contributed by atoms with Gasteiger partial charge in [0.15, 0.2) is 0 Å². The van der Waals surface area contributed by atoms with Crippen LogP contribution in [0.25, 0.3) is 0 Å².